The Morgan fingerprint density at radius 3 is 2.91 bits per heavy atom. The van der Waals surface area contributed by atoms with Gasteiger partial charge < -0.3 is 19.4 Å². The molecule has 1 saturated heterocycles. The molecule has 0 radical (unpaired) electrons. The van der Waals surface area contributed by atoms with Crippen LogP contribution >= 0.6 is 0 Å². The van der Waals surface area contributed by atoms with Crippen molar-refractivity contribution in [3.63, 3.8) is 0 Å². The van der Waals surface area contributed by atoms with Crippen LogP contribution in [0.1, 0.15) is 40.9 Å². The number of anilines is 1. The van der Waals surface area contributed by atoms with Gasteiger partial charge in [-0.1, -0.05) is 12.1 Å². The minimum Gasteiger partial charge on any atom is -0.495 e. The molecule has 1 aliphatic heterocycles. The van der Waals surface area contributed by atoms with Gasteiger partial charge in [-0.15, -0.1) is 0 Å². The molecular formula is C28H31N5O2. The van der Waals surface area contributed by atoms with Crippen LogP contribution in [0, 0.1) is 5.92 Å². The molecule has 0 saturated carbocycles. The molecule has 1 aromatic carbocycles. The molecule has 0 aliphatic carbocycles. The summed E-state index contributed by atoms with van der Waals surface area (Å²) in [5.41, 5.74) is 4.82. The Morgan fingerprint density at radius 2 is 2.06 bits per heavy atom. The van der Waals surface area contributed by atoms with Crippen LogP contribution in [0.3, 0.4) is 0 Å². The summed E-state index contributed by atoms with van der Waals surface area (Å²) in [6, 6.07) is 15.8. The first kappa shape index (κ1) is 22.9. The van der Waals surface area contributed by atoms with Crippen LogP contribution < -0.4 is 10.1 Å². The Bertz CT molecular complexity index is 1290. The Kier molecular flexibility index (Phi) is 6.93. The van der Waals surface area contributed by atoms with Crippen molar-refractivity contribution in [2.24, 2.45) is 5.92 Å². The fourth-order valence-electron chi connectivity index (χ4n) is 4.90. The van der Waals surface area contributed by atoms with E-state index in [9.17, 15) is 4.79 Å². The minimum absolute atomic E-state index is 0.0782. The van der Waals surface area contributed by atoms with Gasteiger partial charge in [0.1, 0.15) is 11.4 Å². The predicted molar refractivity (Wildman–Crippen MR) is 137 cm³/mol. The number of carbonyl (C=O) groups excluding carboxylic acids is 1. The van der Waals surface area contributed by atoms with Gasteiger partial charge in [-0.25, -0.2) is 4.98 Å². The molecule has 7 heteroatoms. The van der Waals surface area contributed by atoms with E-state index >= 15 is 0 Å². The van der Waals surface area contributed by atoms with Gasteiger partial charge in [-0.2, -0.15) is 0 Å². The second kappa shape index (κ2) is 10.6. The summed E-state index contributed by atoms with van der Waals surface area (Å²) in [6.07, 6.45) is 11.6. The molecule has 0 unspecified atom stereocenters. The summed E-state index contributed by atoms with van der Waals surface area (Å²) in [6.45, 7) is 2.17. The van der Waals surface area contributed by atoms with Gasteiger partial charge >= 0.3 is 0 Å². The lowest BCUT2D eigenvalue weighted by molar-refractivity contribution is 0.0760. The van der Waals surface area contributed by atoms with Gasteiger partial charge in [-0.05, 0) is 73.6 Å². The quantitative estimate of drug-likeness (QED) is 0.420. The maximum Gasteiger partial charge on any atom is 0.253 e. The third kappa shape index (κ3) is 5.29. The first-order valence-electron chi connectivity index (χ1n) is 12.2. The summed E-state index contributed by atoms with van der Waals surface area (Å²) in [4.78, 5) is 24.0. The highest BCUT2D eigenvalue weighted by Gasteiger charge is 2.23. The van der Waals surface area contributed by atoms with Crippen molar-refractivity contribution < 1.29 is 9.53 Å². The van der Waals surface area contributed by atoms with Crippen molar-refractivity contribution in [3.05, 3.63) is 90.1 Å². The van der Waals surface area contributed by atoms with Crippen molar-refractivity contribution in [2.45, 2.75) is 32.2 Å². The van der Waals surface area contributed by atoms with Gasteiger partial charge in [0.25, 0.3) is 5.91 Å². The number of imidazole rings is 1. The van der Waals surface area contributed by atoms with Crippen molar-refractivity contribution in [1.82, 2.24) is 19.3 Å². The van der Waals surface area contributed by atoms with E-state index in [2.05, 4.69) is 31.8 Å². The molecular weight excluding hydrogens is 438 g/mol. The number of nitrogens with zero attached hydrogens (tertiary/aromatic N) is 4. The molecule has 1 aliphatic rings. The molecule has 0 bridgehead atoms. The number of aromatic nitrogens is 3. The third-order valence-corrected chi connectivity index (χ3v) is 6.80. The van der Waals surface area contributed by atoms with E-state index in [1.807, 2.05) is 59.9 Å². The van der Waals surface area contributed by atoms with E-state index in [4.69, 9.17) is 4.74 Å². The Morgan fingerprint density at radius 1 is 1.11 bits per heavy atom. The summed E-state index contributed by atoms with van der Waals surface area (Å²) in [5.74, 6) is 1.35. The van der Waals surface area contributed by atoms with Gasteiger partial charge in [-0.3, -0.25) is 9.78 Å². The highest BCUT2D eigenvalue weighted by molar-refractivity contribution is 5.95. The van der Waals surface area contributed by atoms with Crippen LogP contribution in [-0.2, 0) is 13.0 Å². The zero-order chi connectivity index (χ0) is 24.0. The third-order valence-electron chi connectivity index (χ3n) is 6.80. The van der Waals surface area contributed by atoms with E-state index in [0.717, 1.165) is 61.4 Å². The minimum atomic E-state index is 0.0782. The van der Waals surface area contributed by atoms with Gasteiger partial charge in [0, 0.05) is 55.7 Å². The standard InChI is InChI=1S/C28H31N5O2/c1-35-26-10-9-23(18-25(26)31-20-22-5-3-12-29-19-22)28(34)32-14-4-6-21(11-15-32)17-24-7-2-8-27-30-13-16-33(24)27/h2-3,5,7-10,12-13,16,18-19,21,31H,4,6,11,14-15,17,20H2,1H3/t21-/m1/s1. The maximum atomic E-state index is 13.4. The second-order valence-corrected chi connectivity index (χ2v) is 9.10. The molecule has 35 heavy (non-hydrogen) atoms. The van der Waals surface area contributed by atoms with Crippen molar-refractivity contribution in [3.8, 4) is 5.75 Å². The van der Waals surface area contributed by atoms with Gasteiger partial charge in [0.05, 0.1) is 12.8 Å². The lowest BCUT2D eigenvalue weighted by Gasteiger charge is -2.22. The lowest BCUT2D eigenvalue weighted by Crippen LogP contribution is -2.32. The number of hydrogen-bond donors (Lipinski definition) is 1. The molecule has 5 rings (SSSR count). The molecule has 7 nitrogen and oxygen atoms in total. The van der Waals surface area contributed by atoms with E-state index in [0.29, 0.717) is 18.0 Å². The average Bonchev–Trinajstić information content (AvgIpc) is 3.27. The summed E-state index contributed by atoms with van der Waals surface area (Å²) in [7, 11) is 1.64. The number of nitrogens with one attached hydrogen (secondary N) is 1. The highest BCUT2D eigenvalue weighted by atomic mass is 16.5. The molecule has 4 aromatic rings. The number of rotatable bonds is 7. The lowest BCUT2D eigenvalue weighted by atomic mass is 9.95. The zero-order valence-corrected chi connectivity index (χ0v) is 20.1. The Balaban J connectivity index is 1.24. The molecule has 1 fully saturated rings. The van der Waals surface area contributed by atoms with E-state index in [1.165, 1.54) is 5.69 Å². The fourth-order valence-corrected chi connectivity index (χ4v) is 4.90. The maximum absolute atomic E-state index is 13.4. The van der Waals surface area contributed by atoms with Crippen LogP contribution in [0.2, 0.25) is 0 Å². The van der Waals surface area contributed by atoms with Crippen LogP contribution in [0.25, 0.3) is 5.65 Å². The SMILES string of the molecule is COc1ccc(C(=O)N2CCC[C@@H](Cc3cccc4nccn34)CC2)cc1NCc1cccnc1. The first-order chi connectivity index (χ1) is 17.2. The Hall–Kier alpha value is -3.87. The van der Waals surface area contributed by atoms with E-state index in [-0.39, 0.29) is 5.91 Å². The summed E-state index contributed by atoms with van der Waals surface area (Å²) in [5, 5.41) is 3.39. The van der Waals surface area contributed by atoms with Crippen LogP contribution in [0.4, 0.5) is 5.69 Å². The highest BCUT2D eigenvalue weighted by Crippen LogP contribution is 2.28. The topological polar surface area (TPSA) is 71.8 Å². The number of amides is 1. The van der Waals surface area contributed by atoms with Crippen molar-refractivity contribution in [2.75, 3.05) is 25.5 Å². The van der Waals surface area contributed by atoms with E-state index in [1.54, 1.807) is 13.3 Å². The number of methoxy groups -OCH3 is 1. The number of pyridine rings is 2. The van der Waals surface area contributed by atoms with E-state index < -0.39 is 0 Å². The molecule has 0 spiro atoms. The number of fused-ring (bicyclic) bond motifs is 1. The summed E-state index contributed by atoms with van der Waals surface area (Å²) < 4.78 is 7.69. The Labute approximate surface area is 205 Å². The second-order valence-electron chi connectivity index (χ2n) is 9.10. The van der Waals surface area contributed by atoms with Gasteiger partial charge in [0.2, 0.25) is 0 Å². The average molecular weight is 470 g/mol. The number of likely N-dealkylation sites (tertiary alicyclic amines) is 1. The summed E-state index contributed by atoms with van der Waals surface area (Å²) >= 11 is 0. The predicted octanol–water partition coefficient (Wildman–Crippen LogP) is 4.84. The number of hydrogen-bond acceptors (Lipinski definition) is 5. The number of ether oxygens (including phenoxy) is 1. The molecule has 1 N–H and O–H groups in total. The van der Waals surface area contributed by atoms with Crippen molar-refractivity contribution >= 4 is 17.2 Å². The van der Waals surface area contributed by atoms with Crippen molar-refractivity contribution in [1.29, 1.82) is 0 Å². The molecule has 1 atom stereocenters. The van der Waals surface area contributed by atoms with Crippen LogP contribution in [-0.4, -0.2) is 45.4 Å². The zero-order valence-electron chi connectivity index (χ0n) is 20.1. The smallest absolute Gasteiger partial charge is 0.253 e. The van der Waals surface area contributed by atoms with Crippen LogP contribution in [0.5, 0.6) is 5.75 Å². The number of carbonyl (C=O) groups is 1. The van der Waals surface area contributed by atoms with Crippen LogP contribution in [0.15, 0.2) is 73.3 Å². The normalized spacial score (nSPS) is 16.1. The van der Waals surface area contributed by atoms with Gasteiger partial charge in [0.15, 0.2) is 0 Å². The molecule has 180 valence electrons. The molecule has 4 heterocycles. The monoisotopic (exact) mass is 469 g/mol. The molecule has 1 amide bonds. The number of benzene rings is 1. The fraction of sp³-hybridized carbons (Fsp3) is 0.321. The first-order valence-corrected chi connectivity index (χ1v) is 12.2. The molecule has 3 aromatic heterocycles. The largest absolute Gasteiger partial charge is 0.495 e.